The molecule has 1 amide bonds. The van der Waals surface area contributed by atoms with Gasteiger partial charge in [0.2, 0.25) is 5.91 Å². The minimum absolute atomic E-state index is 0.116. The Morgan fingerprint density at radius 1 is 1.67 bits per heavy atom. The molecule has 0 bridgehead atoms. The van der Waals surface area contributed by atoms with Crippen molar-refractivity contribution in [2.45, 2.75) is 38.5 Å². The second-order valence-electron chi connectivity index (χ2n) is 4.02. The van der Waals surface area contributed by atoms with Gasteiger partial charge in [-0.2, -0.15) is 0 Å². The summed E-state index contributed by atoms with van der Waals surface area (Å²) in [5, 5.41) is 12.5. The van der Waals surface area contributed by atoms with Gasteiger partial charge in [0.05, 0.1) is 12.2 Å². The van der Waals surface area contributed by atoms with Crippen LogP contribution >= 0.6 is 0 Å². The number of aliphatic hydroxyl groups excluding tert-OH is 1. The van der Waals surface area contributed by atoms with Crippen LogP contribution in [0.1, 0.15) is 20.3 Å². The van der Waals surface area contributed by atoms with Crippen molar-refractivity contribution in [3.63, 3.8) is 0 Å². The lowest BCUT2D eigenvalue weighted by Gasteiger charge is -2.23. The maximum absolute atomic E-state index is 11.5. The molecule has 5 heteroatoms. The van der Waals surface area contributed by atoms with Crippen LogP contribution in [0.4, 0.5) is 0 Å². The smallest absolute Gasteiger partial charge is 0.223 e. The van der Waals surface area contributed by atoms with Crippen molar-refractivity contribution in [2.75, 3.05) is 7.05 Å². The molecule has 1 aliphatic heterocycles. The molecule has 0 aromatic heterocycles. The van der Waals surface area contributed by atoms with E-state index < -0.39 is 12.1 Å². The Labute approximate surface area is 91.8 Å². The van der Waals surface area contributed by atoms with Crippen LogP contribution in [-0.2, 0) is 9.53 Å². The summed E-state index contributed by atoms with van der Waals surface area (Å²) in [6.07, 6.45) is -0.208. The number of nitrogens with one attached hydrogen (secondary N) is 1. The molecule has 0 aromatic carbocycles. The number of carbonyl (C=O) groups is 1. The van der Waals surface area contributed by atoms with E-state index >= 15 is 0 Å². The van der Waals surface area contributed by atoms with Crippen molar-refractivity contribution in [3.05, 3.63) is 0 Å². The van der Waals surface area contributed by atoms with Gasteiger partial charge in [-0.1, -0.05) is 13.8 Å². The second kappa shape index (κ2) is 4.99. The third-order valence-corrected chi connectivity index (χ3v) is 3.13. The summed E-state index contributed by atoms with van der Waals surface area (Å²) < 4.78 is 5.40. The van der Waals surface area contributed by atoms with Crippen molar-refractivity contribution in [1.82, 2.24) is 5.32 Å². The van der Waals surface area contributed by atoms with Gasteiger partial charge in [0.25, 0.3) is 0 Å². The van der Waals surface area contributed by atoms with E-state index in [0.29, 0.717) is 6.42 Å². The summed E-state index contributed by atoms with van der Waals surface area (Å²) >= 11 is 0. The minimum Gasteiger partial charge on any atom is -0.390 e. The van der Waals surface area contributed by atoms with Crippen molar-refractivity contribution in [1.29, 1.82) is 0 Å². The number of carbonyl (C=O) groups excluding carboxylic acids is 1. The zero-order valence-corrected chi connectivity index (χ0v) is 9.43. The van der Waals surface area contributed by atoms with Crippen molar-refractivity contribution < 1.29 is 14.6 Å². The molecule has 0 spiro atoms. The van der Waals surface area contributed by atoms with Gasteiger partial charge < -0.3 is 15.2 Å². The minimum atomic E-state index is -0.655. The lowest BCUT2D eigenvalue weighted by atomic mass is 9.76. The number of amides is 1. The molecule has 15 heavy (non-hydrogen) atoms. The lowest BCUT2D eigenvalue weighted by Crippen LogP contribution is -2.40. The Balaban J connectivity index is 2.72. The summed E-state index contributed by atoms with van der Waals surface area (Å²) in [5.74, 6) is -0.777. The van der Waals surface area contributed by atoms with Gasteiger partial charge in [0, 0.05) is 24.9 Å². The molecular formula is C10H18BNO3. The van der Waals surface area contributed by atoms with Crippen LogP contribution in [0.3, 0.4) is 0 Å². The van der Waals surface area contributed by atoms with Crippen LogP contribution in [0.2, 0.25) is 0 Å². The third kappa shape index (κ3) is 2.34. The Bertz CT molecular complexity index is 237. The Morgan fingerprint density at radius 2 is 2.27 bits per heavy atom. The van der Waals surface area contributed by atoms with Gasteiger partial charge in [0.15, 0.2) is 0 Å². The topological polar surface area (TPSA) is 58.6 Å². The fourth-order valence-corrected chi connectivity index (χ4v) is 2.14. The SMILES string of the molecule is [B][C@@H]1O[C@H](CC)C(O)[C@@H]1[C@H](C)C(=O)NC. The van der Waals surface area contributed by atoms with Crippen molar-refractivity contribution in [2.24, 2.45) is 11.8 Å². The van der Waals surface area contributed by atoms with E-state index in [1.54, 1.807) is 14.0 Å². The highest BCUT2D eigenvalue weighted by Gasteiger charge is 2.44. The molecule has 5 atom stereocenters. The average Bonchev–Trinajstić information content (AvgIpc) is 2.51. The molecule has 0 aromatic rings. The monoisotopic (exact) mass is 211 g/mol. The summed E-state index contributed by atoms with van der Waals surface area (Å²) in [6.45, 7) is 3.68. The van der Waals surface area contributed by atoms with Crippen LogP contribution in [0.5, 0.6) is 0 Å². The molecule has 1 unspecified atom stereocenters. The first-order valence-electron chi connectivity index (χ1n) is 5.33. The van der Waals surface area contributed by atoms with Crippen molar-refractivity contribution >= 4 is 13.8 Å². The molecule has 1 heterocycles. The van der Waals surface area contributed by atoms with Gasteiger partial charge in [-0.15, -0.1) is 0 Å². The predicted octanol–water partition coefficient (Wildman–Crippen LogP) is -0.351. The standard InChI is InChI=1S/C10H18BNO3/c1-4-6-8(13)7(9(11)15-6)5(2)10(14)12-3/h5-9,13H,4H2,1-3H3,(H,12,14)/t5-,6+,7-,8?,9+/m0/s1. The van der Waals surface area contributed by atoms with E-state index in [1.807, 2.05) is 6.92 Å². The zero-order chi connectivity index (χ0) is 11.6. The molecule has 1 fully saturated rings. The van der Waals surface area contributed by atoms with E-state index in [0.717, 1.165) is 0 Å². The fourth-order valence-electron chi connectivity index (χ4n) is 2.14. The first kappa shape index (κ1) is 12.5. The maximum atomic E-state index is 11.5. The molecule has 0 aliphatic carbocycles. The first-order chi connectivity index (χ1) is 7.02. The van der Waals surface area contributed by atoms with Gasteiger partial charge in [-0.05, 0) is 6.42 Å². The summed E-state index contributed by atoms with van der Waals surface area (Å²) in [6, 6.07) is -0.558. The number of hydrogen-bond acceptors (Lipinski definition) is 3. The van der Waals surface area contributed by atoms with Crippen molar-refractivity contribution in [3.8, 4) is 0 Å². The van der Waals surface area contributed by atoms with Crippen LogP contribution in [-0.4, -0.2) is 44.1 Å². The molecule has 84 valence electrons. The predicted molar refractivity (Wildman–Crippen MR) is 57.4 cm³/mol. The number of hydrogen-bond donors (Lipinski definition) is 2. The van der Waals surface area contributed by atoms with Gasteiger partial charge in [-0.25, -0.2) is 0 Å². The molecule has 1 saturated heterocycles. The van der Waals surface area contributed by atoms with Crippen LogP contribution in [0.25, 0.3) is 0 Å². The quantitative estimate of drug-likeness (QED) is 0.627. The highest BCUT2D eigenvalue weighted by Crippen LogP contribution is 2.32. The molecule has 1 rings (SSSR count). The maximum Gasteiger partial charge on any atom is 0.223 e. The largest absolute Gasteiger partial charge is 0.390 e. The van der Waals surface area contributed by atoms with Crippen LogP contribution in [0, 0.1) is 11.8 Å². The molecule has 4 nitrogen and oxygen atoms in total. The molecular weight excluding hydrogens is 193 g/mol. The van der Waals surface area contributed by atoms with E-state index in [1.165, 1.54) is 0 Å². The second-order valence-corrected chi connectivity index (χ2v) is 4.02. The first-order valence-corrected chi connectivity index (χ1v) is 5.33. The molecule has 2 N–H and O–H groups in total. The zero-order valence-electron chi connectivity index (χ0n) is 9.43. The number of rotatable bonds is 3. The third-order valence-electron chi connectivity index (χ3n) is 3.13. The van der Waals surface area contributed by atoms with Crippen LogP contribution in [0.15, 0.2) is 0 Å². The van der Waals surface area contributed by atoms with Gasteiger partial charge in [-0.3, -0.25) is 4.79 Å². The van der Waals surface area contributed by atoms with E-state index in [4.69, 9.17) is 12.6 Å². The van der Waals surface area contributed by atoms with E-state index in [9.17, 15) is 9.90 Å². The van der Waals surface area contributed by atoms with E-state index in [2.05, 4.69) is 5.32 Å². The average molecular weight is 211 g/mol. The molecule has 2 radical (unpaired) electrons. The number of aliphatic hydroxyl groups is 1. The summed E-state index contributed by atoms with van der Waals surface area (Å²) in [7, 11) is 7.34. The highest BCUT2D eigenvalue weighted by atomic mass is 16.5. The Morgan fingerprint density at radius 3 is 2.67 bits per heavy atom. The number of ether oxygens (including phenoxy) is 1. The highest BCUT2D eigenvalue weighted by molar-refractivity contribution is 6.11. The lowest BCUT2D eigenvalue weighted by molar-refractivity contribution is -0.126. The van der Waals surface area contributed by atoms with Crippen LogP contribution < -0.4 is 5.32 Å². The molecule has 0 saturated carbocycles. The summed E-state index contributed by atoms with van der Waals surface area (Å²) in [5.41, 5.74) is 0. The van der Waals surface area contributed by atoms with E-state index in [-0.39, 0.29) is 23.8 Å². The Hall–Kier alpha value is -0.545. The Kier molecular flexibility index (Phi) is 4.17. The van der Waals surface area contributed by atoms with Gasteiger partial charge >= 0.3 is 0 Å². The normalized spacial score (nSPS) is 37.6. The fraction of sp³-hybridized carbons (Fsp3) is 0.900. The molecule has 1 aliphatic rings. The summed E-state index contributed by atoms with van der Waals surface area (Å²) in [4.78, 5) is 11.5. The van der Waals surface area contributed by atoms with Gasteiger partial charge in [0.1, 0.15) is 7.85 Å².